The molecule has 0 aliphatic carbocycles. The summed E-state index contributed by atoms with van der Waals surface area (Å²) in [7, 11) is 0. The van der Waals surface area contributed by atoms with Crippen molar-refractivity contribution in [3.05, 3.63) is 59.4 Å². The summed E-state index contributed by atoms with van der Waals surface area (Å²) in [6.07, 6.45) is -1.96. The van der Waals surface area contributed by atoms with Crippen LogP contribution >= 0.6 is 0 Å². The standard InChI is InChI=1S/C15H15F3N2/c16-11-3-1-10(2-4-11)7-8-20-14-6-5-12(19)9-13(14)15(17)18/h1-6,9,15,20H,7-8,19H2. The van der Waals surface area contributed by atoms with Gasteiger partial charge in [-0.2, -0.15) is 0 Å². The third-order valence-electron chi connectivity index (χ3n) is 2.95. The van der Waals surface area contributed by atoms with Crippen LogP contribution in [0, 0.1) is 5.82 Å². The first-order valence-corrected chi connectivity index (χ1v) is 6.22. The van der Waals surface area contributed by atoms with Crippen molar-refractivity contribution >= 4 is 11.4 Å². The number of benzene rings is 2. The summed E-state index contributed by atoms with van der Waals surface area (Å²) in [6.45, 7) is 0.481. The van der Waals surface area contributed by atoms with E-state index in [1.54, 1.807) is 24.3 Å². The minimum absolute atomic E-state index is 0.107. The second kappa shape index (κ2) is 6.32. The van der Waals surface area contributed by atoms with Crippen LogP contribution in [-0.4, -0.2) is 6.54 Å². The second-order valence-corrected chi connectivity index (χ2v) is 4.45. The van der Waals surface area contributed by atoms with E-state index in [4.69, 9.17) is 5.73 Å². The average molecular weight is 280 g/mol. The van der Waals surface area contributed by atoms with Gasteiger partial charge in [0.15, 0.2) is 0 Å². The molecule has 0 aliphatic heterocycles. The first kappa shape index (κ1) is 14.2. The van der Waals surface area contributed by atoms with Crippen molar-refractivity contribution in [2.75, 3.05) is 17.6 Å². The van der Waals surface area contributed by atoms with E-state index in [0.29, 0.717) is 24.3 Å². The molecule has 3 N–H and O–H groups in total. The Morgan fingerprint density at radius 2 is 1.75 bits per heavy atom. The molecule has 0 heterocycles. The highest BCUT2D eigenvalue weighted by atomic mass is 19.3. The molecule has 0 amide bonds. The molecule has 0 saturated carbocycles. The summed E-state index contributed by atoms with van der Waals surface area (Å²) in [4.78, 5) is 0. The first-order chi connectivity index (χ1) is 9.56. The minimum Gasteiger partial charge on any atom is -0.399 e. The van der Waals surface area contributed by atoms with Crippen molar-refractivity contribution in [2.24, 2.45) is 0 Å². The topological polar surface area (TPSA) is 38.0 Å². The monoisotopic (exact) mass is 280 g/mol. The van der Waals surface area contributed by atoms with Gasteiger partial charge >= 0.3 is 0 Å². The molecular formula is C15H15F3N2. The highest BCUT2D eigenvalue weighted by Gasteiger charge is 2.12. The Labute approximate surface area is 115 Å². The van der Waals surface area contributed by atoms with E-state index >= 15 is 0 Å². The Kier molecular flexibility index (Phi) is 4.50. The lowest BCUT2D eigenvalue weighted by atomic mass is 10.1. The van der Waals surface area contributed by atoms with Gasteiger partial charge in [-0.15, -0.1) is 0 Å². The van der Waals surface area contributed by atoms with Gasteiger partial charge in [-0.05, 0) is 42.3 Å². The largest absolute Gasteiger partial charge is 0.399 e. The fourth-order valence-electron chi connectivity index (χ4n) is 1.92. The third kappa shape index (κ3) is 3.66. The van der Waals surface area contributed by atoms with Crippen LogP contribution in [0.5, 0.6) is 0 Å². The molecule has 0 atom stereocenters. The van der Waals surface area contributed by atoms with Crippen LogP contribution in [0.1, 0.15) is 17.6 Å². The van der Waals surface area contributed by atoms with Gasteiger partial charge in [-0.1, -0.05) is 12.1 Å². The van der Waals surface area contributed by atoms with Gasteiger partial charge in [-0.3, -0.25) is 0 Å². The third-order valence-corrected chi connectivity index (χ3v) is 2.95. The van der Waals surface area contributed by atoms with Crippen LogP contribution in [0.2, 0.25) is 0 Å². The van der Waals surface area contributed by atoms with Crippen molar-refractivity contribution in [2.45, 2.75) is 12.8 Å². The summed E-state index contributed by atoms with van der Waals surface area (Å²) >= 11 is 0. The molecule has 0 unspecified atom stereocenters. The van der Waals surface area contributed by atoms with Crippen LogP contribution in [0.3, 0.4) is 0 Å². The Bertz CT molecular complexity index is 568. The van der Waals surface area contributed by atoms with Crippen LogP contribution in [0.25, 0.3) is 0 Å². The maximum atomic E-state index is 12.9. The van der Waals surface area contributed by atoms with E-state index in [1.807, 2.05) is 0 Å². The van der Waals surface area contributed by atoms with E-state index in [2.05, 4.69) is 5.32 Å². The molecule has 20 heavy (non-hydrogen) atoms. The predicted molar refractivity (Wildman–Crippen MR) is 74.4 cm³/mol. The van der Waals surface area contributed by atoms with Gasteiger partial charge in [0, 0.05) is 23.5 Å². The van der Waals surface area contributed by atoms with Crippen LogP contribution in [0.4, 0.5) is 24.5 Å². The summed E-state index contributed by atoms with van der Waals surface area (Å²) in [5.74, 6) is -0.291. The van der Waals surface area contributed by atoms with E-state index in [9.17, 15) is 13.2 Å². The van der Waals surface area contributed by atoms with Gasteiger partial charge in [-0.25, -0.2) is 13.2 Å². The lowest BCUT2D eigenvalue weighted by molar-refractivity contribution is 0.152. The molecule has 2 aromatic carbocycles. The Morgan fingerprint density at radius 1 is 1.05 bits per heavy atom. The number of nitrogen functional groups attached to an aromatic ring is 1. The number of hydrogen-bond donors (Lipinski definition) is 2. The molecule has 2 rings (SSSR count). The number of hydrogen-bond acceptors (Lipinski definition) is 2. The Morgan fingerprint density at radius 3 is 2.40 bits per heavy atom. The Balaban J connectivity index is 1.99. The van der Waals surface area contributed by atoms with Crippen LogP contribution in [0.15, 0.2) is 42.5 Å². The fourth-order valence-corrected chi connectivity index (χ4v) is 1.92. The van der Waals surface area contributed by atoms with Crippen molar-refractivity contribution in [3.63, 3.8) is 0 Å². The van der Waals surface area contributed by atoms with Crippen LogP contribution < -0.4 is 11.1 Å². The molecule has 5 heteroatoms. The molecule has 0 radical (unpaired) electrons. The molecular weight excluding hydrogens is 265 g/mol. The quantitative estimate of drug-likeness (QED) is 0.812. The first-order valence-electron chi connectivity index (χ1n) is 6.22. The number of nitrogens with two attached hydrogens (primary N) is 1. The lowest BCUT2D eigenvalue weighted by Gasteiger charge is -2.12. The summed E-state index contributed by atoms with van der Waals surface area (Å²) in [5, 5.41) is 2.96. The molecule has 0 fully saturated rings. The minimum atomic E-state index is -2.58. The predicted octanol–water partition coefficient (Wildman–Crippen LogP) is 4.00. The van der Waals surface area contributed by atoms with E-state index in [1.165, 1.54) is 18.2 Å². The number of halogens is 3. The normalized spacial score (nSPS) is 10.8. The maximum absolute atomic E-state index is 12.9. The lowest BCUT2D eigenvalue weighted by Crippen LogP contribution is -2.07. The zero-order chi connectivity index (χ0) is 14.5. The molecule has 0 saturated heterocycles. The molecule has 106 valence electrons. The smallest absolute Gasteiger partial charge is 0.265 e. The molecule has 0 aromatic heterocycles. The highest BCUT2D eigenvalue weighted by molar-refractivity contribution is 5.58. The van der Waals surface area contributed by atoms with Gasteiger partial charge in [0.2, 0.25) is 0 Å². The van der Waals surface area contributed by atoms with Gasteiger partial charge in [0.1, 0.15) is 5.82 Å². The molecule has 0 spiro atoms. The Hall–Kier alpha value is -2.17. The summed E-state index contributed by atoms with van der Waals surface area (Å²) in [6, 6.07) is 10.5. The SMILES string of the molecule is Nc1ccc(NCCc2ccc(F)cc2)c(C(F)F)c1. The van der Waals surface area contributed by atoms with Crippen LogP contribution in [-0.2, 0) is 6.42 Å². The average Bonchev–Trinajstić information content (AvgIpc) is 2.42. The second-order valence-electron chi connectivity index (χ2n) is 4.45. The van der Waals surface area contributed by atoms with E-state index in [0.717, 1.165) is 5.56 Å². The number of rotatable bonds is 5. The molecule has 2 aromatic rings. The summed E-state index contributed by atoms with van der Waals surface area (Å²) < 4.78 is 38.5. The maximum Gasteiger partial charge on any atom is 0.265 e. The fraction of sp³-hybridized carbons (Fsp3) is 0.200. The van der Waals surface area contributed by atoms with Gasteiger partial charge < -0.3 is 11.1 Å². The molecule has 2 nitrogen and oxygen atoms in total. The van der Waals surface area contributed by atoms with E-state index in [-0.39, 0.29) is 11.4 Å². The van der Waals surface area contributed by atoms with Gasteiger partial charge in [0.25, 0.3) is 6.43 Å². The van der Waals surface area contributed by atoms with Crippen molar-refractivity contribution in [3.8, 4) is 0 Å². The molecule has 0 aliphatic rings. The van der Waals surface area contributed by atoms with Crippen molar-refractivity contribution < 1.29 is 13.2 Å². The number of anilines is 2. The van der Waals surface area contributed by atoms with E-state index < -0.39 is 6.43 Å². The molecule has 0 bridgehead atoms. The van der Waals surface area contributed by atoms with Crippen molar-refractivity contribution in [1.82, 2.24) is 0 Å². The zero-order valence-electron chi connectivity index (χ0n) is 10.7. The number of nitrogens with one attached hydrogen (secondary N) is 1. The summed E-state index contributed by atoms with van der Waals surface area (Å²) in [5.41, 5.74) is 7.01. The number of alkyl halides is 2. The van der Waals surface area contributed by atoms with Crippen molar-refractivity contribution in [1.29, 1.82) is 0 Å². The zero-order valence-corrected chi connectivity index (χ0v) is 10.7. The van der Waals surface area contributed by atoms with Gasteiger partial charge in [0.05, 0.1) is 0 Å². The highest BCUT2D eigenvalue weighted by Crippen LogP contribution is 2.28.